The Hall–Kier alpha value is -1.35. The van der Waals surface area contributed by atoms with E-state index in [0.29, 0.717) is 6.54 Å². The van der Waals surface area contributed by atoms with Crippen LogP contribution in [-0.4, -0.2) is 35.6 Å². The number of rotatable bonds is 2. The maximum absolute atomic E-state index is 12.2. The summed E-state index contributed by atoms with van der Waals surface area (Å²) >= 11 is 0. The van der Waals surface area contributed by atoms with Gasteiger partial charge in [0.05, 0.1) is 6.61 Å². The Morgan fingerprint density at radius 2 is 2.25 bits per heavy atom. The molecular formula is C13H17NO2. The number of hydrogen-bond donors (Lipinski definition) is 1. The van der Waals surface area contributed by atoms with Gasteiger partial charge in [0.2, 0.25) is 0 Å². The number of carbonyl (C=O) groups is 1. The summed E-state index contributed by atoms with van der Waals surface area (Å²) in [6, 6.07) is 5.97. The van der Waals surface area contributed by atoms with E-state index in [1.165, 1.54) is 5.56 Å². The summed E-state index contributed by atoms with van der Waals surface area (Å²) in [4.78, 5) is 13.9. The smallest absolute Gasteiger partial charge is 0.254 e. The molecule has 1 amide bonds. The van der Waals surface area contributed by atoms with Gasteiger partial charge in [-0.3, -0.25) is 4.79 Å². The highest BCUT2D eigenvalue weighted by Gasteiger charge is 2.21. The minimum absolute atomic E-state index is 0.0347. The summed E-state index contributed by atoms with van der Waals surface area (Å²) in [5, 5.41) is 8.93. The Morgan fingerprint density at radius 3 is 3.00 bits per heavy atom. The fraction of sp³-hybridized carbons (Fsp3) is 0.462. The predicted molar refractivity (Wildman–Crippen MR) is 62.5 cm³/mol. The third-order valence-corrected chi connectivity index (χ3v) is 3.02. The zero-order valence-corrected chi connectivity index (χ0v) is 9.57. The second-order valence-corrected chi connectivity index (χ2v) is 4.28. The number of aliphatic hydroxyl groups excluding tert-OH is 1. The first-order valence-electron chi connectivity index (χ1n) is 5.72. The van der Waals surface area contributed by atoms with Crippen LogP contribution < -0.4 is 0 Å². The molecule has 0 bridgehead atoms. The van der Waals surface area contributed by atoms with Gasteiger partial charge in [-0.2, -0.15) is 0 Å². The molecule has 0 unspecified atom stereocenters. The number of aryl methyl sites for hydroxylation is 2. The number of benzene rings is 1. The molecule has 16 heavy (non-hydrogen) atoms. The number of aliphatic hydroxyl groups is 1. The van der Waals surface area contributed by atoms with Crippen LogP contribution in [0.2, 0.25) is 0 Å². The predicted octanol–water partition coefficient (Wildman–Crippen LogP) is 1.38. The fourth-order valence-corrected chi connectivity index (χ4v) is 2.20. The Kier molecular flexibility index (Phi) is 3.25. The lowest BCUT2D eigenvalue weighted by atomic mass is 10.0. The molecule has 3 nitrogen and oxygen atoms in total. The molecule has 1 N–H and O–H groups in total. The summed E-state index contributed by atoms with van der Waals surface area (Å²) in [5.41, 5.74) is 3.14. The van der Waals surface area contributed by atoms with E-state index < -0.39 is 0 Å². The van der Waals surface area contributed by atoms with Gasteiger partial charge in [-0.25, -0.2) is 0 Å². The second-order valence-electron chi connectivity index (χ2n) is 4.28. The molecule has 0 aromatic heterocycles. The standard InChI is InChI=1S/C13H17NO2/c1-10-4-5-12-11(9-10)3-2-6-14(7-8-15)13(12)16/h4-5,9,15H,2-3,6-8H2,1H3. The molecule has 2 rings (SSSR count). The van der Waals surface area contributed by atoms with E-state index in [4.69, 9.17) is 5.11 Å². The molecule has 0 saturated carbocycles. The van der Waals surface area contributed by atoms with Crippen LogP contribution in [0.3, 0.4) is 0 Å². The lowest BCUT2D eigenvalue weighted by Crippen LogP contribution is -2.33. The van der Waals surface area contributed by atoms with Gasteiger partial charge in [-0.15, -0.1) is 0 Å². The Bertz CT molecular complexity index is 401. The summed E-state index contributed by atoms with van der Waals surface area (Å²) in [7, 11) is 0. The Balaban J connectivity index is 2.33. The van der Waals surface area contributed by atoms with Crippen molar-refractivity contribution in [2.75, 3.05) is 19.7 Å². The molecule has 0 aliphatic carbocycles. The van der Waals surface area contributed by atoms with Gasteiger partial charge in [-0.1, -0.05) is 17.7 Å². The summed E-state index contributed by atoms with van der Waals surface area (Å²) in [6.07, 6.45) is 1.92. The minimum Gasteiger partial charge on any atom is -0.395 e. The van der Waals surface area contributed by atoms with Gasteiger partial charge in [0.1, 0.15) is 0 Å². The van der Waals surface area contributed by atoms with Crippen molar-refractivity contribution in [3.8, 4) is 0 Å². The van der Waals surface area contributed by atoms with Gasteiger partial charge in [0.25, 0.3) is 5.91 Å². The SMILES string of the molecule is Cc1ccc2c(c1)CCCN(CCO)C2=O. The lowest BCUT2D eigenvalue weighted by Gasteiger charge is -2.19. The van der Waals surface area contributed by atoms with Gasteiger partial charge in [0.15, 0.2) is 0 Å². The Morgan fingerprint density at radius 1 is 1.44 bits per heavy atom. The van der Waals surface area contributed by atoms with E-state index in [1.807, 2.05) is 19.1 Å². The zero-order valence-electron chi connectivity index (χ0n) is 9.57. The van der Waals surface area contributed by atoms with Crippen LogP contribution in [0, 0.1) is 6.92 Å². The van der Waals surface area contributed by atoms with E-state index in [1.54, 1.807) is 4.90 Å². The average molecular weight is 219 g/mol. The van der Waals surface area contributed by atoms with E-state index >= 15 is 0 Å². The van der Waals surface area contributed by atoms with Crippen LogP contribution in [-0.2, 0) is 6.42 Å². The molecule has 0 saturated heterocycles. The van der Waals surface area contributed by atoms with Gasteiger partial charge < -0.3 is 10.0 Å². The van der Waals surface area contributed by atoms with E-state index in [9.17, 15) is 4.79 Å². The van der Waals surface area contributed by atoms with Crippen molar-refractivity contribution in [1.29, 1.82) is 0 Å². The number of fused-ring (bicyclic) bond motifs is 1. The van der Waals surface area contributed by atoms with Gasteiger partial charge in [0, 0.05) is 18.7 Å². The van der Waals surface area contributed by atoms with Crippen LogP contribution >= 0.6 is 0 Å². The number of amides is 1. The molecule has 86 valence electrons. The zero-order chi connectivity index (χ0) is 11.5. The molecule has 1 aromatic rings. The van der Waals surface area contributed by atoms with Crippen LogP contribution in [0.15, 0.2) is 18.2 Å². The summed E-state index contributed by atoms with van der Waals surface area (Å²) in [5.74, 6) is 0.0570. The van der Waals surface area contributed by atoms with Crippen LogP contribution in [0.4, 0.5) is 0 Å². The molecule has 3 heteroatoms. The summed E-state index contributed by atoms with van der Waals surface area (Å²) in [6.45, 7) is 3.26. The molecule has 1 aromatic carbocycles. The number of nitrogens with zero attached hydrogens (tertiary/aromatic N) is 1. The average Bonchev–Trinajstić information content (AvgIpc) is 2.40. The molecule has 0 radical (unpaired) electrons. The monoisotopic (exact) mass is 219 g/mol. The highest BCUT2D eigenvalue weighted by molar-refractivity contribution is 5.96. The van der Waals surface area contributed by atoms with Crippen molar-refractivity contribution < 1.29 is 9.90 Å². The van der Waals surface area contributed by atoms with Crippen molar-refractivity contribution in [2.45, 2.75) is 19.8 Å². The highest BCUT2D eigenvalue weighted by Crippen LogP contribution is 2.19. The third-order valence-electron chi connectivity index (χ3n) is 3.02. The van der Waals surface area contributed by atoms with E-state index in [0.717, 1.165) is 30.5 Å². The molecule has 0 fully saturated rings. The Labute approximate surface area is 95.7 Å². The van der Waals surface area contributed by atoms with E-state index in [2.05, 4.69) is 6.07 Å². The van der Waals surface area contributed by atoms with E-state index in [-0.39, 0.29) is 12.5 Å². The van der Waals surface area contributed by atoms with Crippen LogP contribution in [0.5, 0.6) is 0 Å². The van der Waals surface area contributed by atoms with Crippen molar-refractivity contribution in [3.05, 3.63) is 34.9 Å². The second kappa shape index (κ2) is 4.66. The number of β-amino-alcohol motifs (C(OH)–C–C–N with tert-alkyl or cyclic N) is 1. The molecule has 1 aliphatic rings. The number of hydrogen-bond acceptors (Lipinski definition) is 2. The van der Waals surface area contributed by atoms with Crippen molar-refractivity contribution in [1.82, 2.24) is 4.90 Å². The first kappa shape index (κ1) is 11.1. The van der Waals surface area contributed by atoms with Crippen molar-refractivity contribution in [2.24, 2.45) is 0 Å². The van der Waals surface area contributed by atoms with Gasteiger partial charge in [-0.05, 0) is 31.4 Å². The van der Waals surface area contributed by atoms with Crippen molar-refractivity contribution >= 4 is 5.91 Å². The maximum atomic E-state index is 12.2. The molecule has 0 spiro atoms. The first-order chi connectivity index (χ1) is 7.72. The third kappa shape index (κ3) is 2.09. The molecule has 1 heterocycles. The largest absolute Gasteiger partial charge is 0.395 e. The quantitative estimate of drug-likeness (QED) is 0.816. The van der Waals surface area contributed by atoms with Crippen molar-refractivity contribution in [3.63, 3.8) is 0 Å². The van der Waals surface area contributed by atoms with Crippen LogP contribution in [0.25, 0.3) is 0 Å². The highest BCUT2D eigenvalue weighted by atomic mass is 16.3. The minimum atomic E-state index is 0.0347. The van der Waals surface area contributed by atoms with Crippen LogP contribution in [0.1, 0.15) is 27.9 Å². The van der Waals surface area contributed by atoms with Gasteiger partial charge >= 0.3 is 0 Å². The molecule has 0 atom stereocenters. The number of carbonyl (C=O) groups excluding carboxylic acids is 1. The molecule has 1 aliphatic heterocycles. The fourth-order valence-electron chi connectivity index (χ4n) is 2.20. The normalized spacial score (nSPS) is 15.9. The lowest BCUT2D eigenvalue weighted by molar-refractivity contribution is 0.0727. The topological polar surface area (TPSA) is 40.5 Å². The summed E-state index contributed by atoms with van der Waals surface area (Å²) < 4.78 is 0. The maximum Gasteiger partial charge on any atom is 0.254 e. The molecular weight excluding hydrogens is 202 g/mol. The first-order valence-corrected chi connectivity index (χ1v) is 5.72.